The molecule has 1 saturated heterocycles. The van der Waals surface area contributed by atoms with E-state index in [0.29, 0.717) is 0 Å². The lowest BCUT2D eigenvalue weighted by atomic mass is 10.0. The quantitative estimate of drug-likeness (QED) is 0.715. The zero-order valence-corrected chi connectivity index (χ0v) is 9.51. The molecule has 2 nitrogen and oxygen atoms in total. The molecule has 78 valence electrons. The van der Waals surface area contributed by atoms with E-state index in [-0.39, 0.29) is 0 Å². The van der Waals surface area contributed by atoms with E-state index < -0.39 is 0 Å². The van der Waals surface area contributed by atoms with E-state index in [4.69, 9.17) is 0 Å². The van der Waals surface area contributed by atoms with E-state index in [1.807, 2.05) is 0 Å². The number of nitrogens with zero attached hydrogens (tertiary/aromatic N) is 1. The first kappa shape index (κ1) is 11.0. The third-order valence-electron chi connectivity index (χ3n) is 3.59. The molecule has 13 heavy (non-hydrogen) atoms. The zero-order valence-electron chi connectivity index (χ0n) is 9.51. The maximum absolute atomic E-state index is 3.29. The van der Waals surface area contributed by atoms with Crippen LogP contribution in [0.15, 0.2) is 0 Å². The monoisotopic (exact) mass is 184 g/mol. The average molecular weight is 184 g/mol. The topological polar surface area (TPSA) is 15.3 Å². The van der Waals surface area contributed by atoms with Crippen molar-refractivity contribution in [1.82, 2.24) is 10.2 Å². The van der Waals surface area contributed by atoms with E-state index in [2.05, 4.69) is 38.0 Å². The van der Waals surface area contributed by atoms with Crippen LogP contribution >= 0.6 is 0 Å². The Kier molecular flexibility index (Phi) is 4.20. The van der Waals surface area contributed by atoms with Gasteiger partial charge in [0.15, 0.2) is 0 Å². The van der Waals surface area contributed by atoms with Crippen molar-refractivity contribution in [2.75, 3.05) is 20.1 Å². The number of likely N-dealkylation sites (tertiary alicyclic amines) is 1. The molecule has 0 amide bonds. The highest BCUT2D eigenvalue weighted by atomic mass is 15.2. The normalized spacial score (nSPS) is 32.3. The van der Waals surface area contributed by atoms with Crippen LogP contribution in [0, 0.1) is 5.92 Å². The third kappa shape index (κ3) is 2.44. The molecule has 0 spiro atoms. The molecule has 2 heteroatoms. The molecule has 1 fully saturated rings. The van der Waals surface area contributed by atoms with Gasteiger partial charge in [-0.25, -0.2) is 0 Å². The number of nitrogens with one attached hydrogen (secondary N) is 1. The predicted molar refractivity (Wildman–Crippen MR) is 58.0 cm³/mol. The van der Waals surface area contributed by atoms with Gasteiger partial charge in [0.25, 0.3) is 0 Å². The number of hydrogen-bond acceptors (Lipinski definition) is 2. The maximum atomic E-state index is 3.29. The number of rotatable bonds is 4. The van der Waals surface area contributed by atoms with Crippen LogP contribution in [0.4, 0.5) is 0 Å². The fourth-order valence-electron chi connectivity index (χ4n) is 2.42. The predicted octanol–water partition coefficient (Wildman–Crippen LogP) is 1.71. The summed E-state index contributed by atoms with van der Waals surface area (Å²) in [5.74, 6) is 0.860. The van der Waals surface area contributed by atoms with E-state index in [1.54, 1.807) is 0 Å². The largest absolute Gasteiger partial charge is 0.319 e. The maximum Gasteiger partial charge on any atom is 0.0111 e. The van der Waals surface area contributed by atoms with Crippen LogP contribution in [0.5, 0.6) is 0 Å². The van der Waals surface area contributed by atoms with Gasteiger partial charge in [0.1, 0.15) is 0 Å². The molecular weight excluding hydrogens is 160 g/mol. The minimum atomic E-state index is 0.761. The second kappa shape index (κ2) is 4.97. The summed E-state index contributed by atoms with van der Waals surface area (Å²) < 4.78 is 0. The Labute approximate surface area is 82.7 Å². The summed E-state index contributed by atoms with van der Waals surface area (Å²) in [5.41, 5.74) is 0. The van der Waals surface area contributed by atoms with Gasteiger partial charge < -0.3 is 5.32 Å². The Morgan fingerprint density at radius 1 is 1.54 bits per heavy atom. The van der Waals surface area contributed by atoms with Gasteiger partial charge in [-0.2, -0.15) is 0 Å². The highest BCUT2D eigenvalue weighted by Gasteiger charge is 2.31. The lowest BCUT2D eigenvalue weighted by Crippen LogP contribution is -2.38. The second-order valence-corrected chi connectivity index (χ2v) is 4.34. The summed E-state index contributed by atoms with van der Waals surface area (Å²) in [5, 5.41) is 3.29. The Balaban J connectivity index is 2.44. The van der Waals surface area contributed by atoms with Crippen LogP contribution in [0.25, 0.3) is 0 Å². The van der Waals surface area contributed by atoms with Crippen molar-refractivity contribution in [3.8, 4) is 0 Å². The lowest BCUT2D eigenvalue weighted by molar-refractivity contribution is 0.179. The number of hydrogen-bond donors (Lipinski definition) is 1. The molecule has 0 aliphatic carbocycles. The van der Waals surface area contributed by atoms with Gasteiger partial charge in [-0.1, -0.05) is 6.92 Å². The van der Waals surface area contributed by atoms with Crippen LogP contribution in [0.2, 0.25) is 0 Å². The summed E-state index contributed by atoms with van der Waals surface area (Å²) in [6.07, 6.45) is 2.64. The van der Waals surface area contributed by atoms with Crippen LogP contribution in [0.1, 0.15) is 33.6 Å². The lowest BCUT2D eigenvalue weighted by Gasteiger charge is -2.29. The van der Waals surface area contributed by atoms with Gasteiger partial charge in [0, 0.05) is 12.1 Å². The third-order valence-corrected chi connectivity index (χ3v) is 3.59. The van der Waals surface area contributed by atoms with Gasteiger partial charge in [-0.3, -0.25) is 4.90 Å². The summed E-state index contributed by atoms with van der Waals surface area (Å²) in [4.78, 5) is 2.65. The highest BCUT2D eigenvalue weighted by Crippen LogP contribution is 2.26. The summed E-state index contributed by atoms with van der Waals surface area (Å²) >= 11 is 0. The van der Waals surface area contributed by atoms with E-state index in [9.17, 15) is 0 Å². The van der Waals surface area contributed by atoms with Crippen molar-refractivity contribution >= 4 is 0 Å². The van der Waals surface area contributed by atoms with Crippen molar-refractivity contribution in [2.45, 2.75) is 45.7 Å². The molecule has 0 bridgehead atoms. The molecule has 1 aliphatic rings. The van der Waals surface area contributed by atoms with Crippen LogP contribution < -0.4 is 5.32 Å². The molecule has 0 aromatic rings. The summed E-state index contributed by atoms with van der Waals surface area (Å²) in [6.45, 7) is 9.47. The second-order valence-electron chi connectivity index (χ2n) is 4.34. The Bertz CT molecular complexity index is 147. The van der Waals surface area contributed by atoms with Gasteiger partial charge >= 0.3 is 0 Å². The summed E-state index contributed by atoms with van der Waals surface area (Å²) in [7, 11) is 2.05. The average Bonchev–Trinajstić information content (AvgIpc) is 2.48. The van der Waals surface area contributed by atoms with Gasteiger partial charge in [-0.15, -0.1) is 0 Å². The van der Waals surface area contributed by atoms with E-state index in [1.165, 1.54) is 25.9 Å². The first-order valence-electron chi connectivity index (χ1n) is 5.61. The smallest absolute Gasteiger partial charge is 0.0111 e. The van der Waals surface area contributed by atoms with Crippen LogP contribution in [-0.4, -0.2) is 37.1 Å². The summed E-state index contributed by atoms with van der Waals surface area (Å²) in [6, 6.07) is 1.53. The van der Waals surface area contributed by atoms with Crippen LogP contribution in [0.3, 0.4) is 0 Å². The molecule has 0 aromatic carbocycles. The SMILES string of the molecule is CCC(C)N1CCC(CNC)C1C. The van der Waals surface area contributed by atoms with E-state index in [0.717, 1.165) is 18.0 Å². The molecule has 0 aromatic heterocycles. The van der Waals surface area contributed by atoms with Gasteiger partial charge in [-0.05, 0) is 52.7 Å². The standard InChI is InChI=1S/C11H24N2/c1-5-9(2)13-7-6-11(8-12-4)10(13)3/h9-12H,5-8H2,1-4H3. The molecular formula is C11H24N2. The van der Waals surface area contributed by atoms with Crippen molar-refractivity contribution in [1.29, 1.82) is 0 Å². The molecule has 0 radical (unpaired) electrons. The zero-order chi connectivity index (χ0) is 9.84. The van der Waals surface area contributed by atoms with Gasteiger partial charge in [0.2, 0.25) is 0 Å². The minimum absolute atomic E-state index is 0.761. The van der Waals surface area contributed by atoms with Crippen molar-refractivity contribution < 1.29 is 0 Å². The van der Waals surface area contributed by atoms with E-state index >= 15 is 0 Å². The molecule has 3 unspecified atom stereocenters. The fraction of sp³-hybridized carbons (Fsp3) is 1.00. The van der Waals surface area contributed by atoms with Gasteiger partial charge in [0.05, 0.1) is 0 Å². The Hall–Kier alpha value is -0.0800. The first-order valence-corrected chi connectivity index (χ1v) is 5.61. The molecule has 3 atom stereocenters. The fourth-order valence-corrected chi connectivity index (χ4v) is 2.42. The molecule has 1 aliphatic heterocycles. The minimum Gasteiger partial charge on any atom is -0.319 e. The van der Waals surface area contributed by atoms with Crippen molar-refractivity contribution in [2.24, 2.45) is 5.92 Å². The first-order chi connectivity index (χ1) is 6.20. The molecule has 1 N–H and O–H groups in total. The Morgan fingerprint density at radius 2 is 2.23 bits per heavy atom. The molecule has 1 rings (SSSR count). The Morgan fingerprint density at radius 3 is 2.77 bits per heavy atom. The van der Waals surface area contributed by atoms with Crippen molar-refractivity contribution in [3.63, 3.8) is 0 Å². The highest BCUT2D eigenvalue weighted by molar-refractivity contribution is 4.87. The van der Waals surface area contributed by atoms with Crippen LogP contribution in [-0.2, 0) is 0 Å². The molecule has 1 heterocycles. The van der Waals surface area contributed by atoms with Crippen molar-refractivity contribution in [3.05, 3.63) is 0 Å². The molecule has 0 saturated carbocycles.